The SMILES string of the molecule is O=C1[C@H]2C3c4ccccc4C(C=Nc4ccc(Cl)cc4)(c4ccccc43)[C@H]2C(=O)N1c1ccccc1[N+](=O)[O-]. The zero-order chi connectivity index (χ0) is 26.9. The van der Waals surface area contributed by atoms with E-state index in [9.17, 15) is 19.7 Å². The van der Waals surface area contributed by atoms with E-state index >= 15 is 0 Å². The molecule has 3 aliphatic carbocycles. The van der Waals surface area contributed by atoms with Crippen LogP contribution < -0.4 is 4.90 Å². The van der Waals surface area contributed by atoms with E-state index < -0.39 is 34.0 Å². The second-order valence-corrected chi connectivity index (χ2v) is 10.5. The molecule has 0 aromatic heterocycles. The highest BCUT2D eigenvalue weighted by Gasteiger charge is 2.68. The van der Waals surface area contributed by atoms with Crippen LogP contribution in [-0.2, 0) is 15.0 Å². The smallest absolute Gasteiger partial charge is 0.274 e. The summed E-state index contributed by atoms with van der Waals surface area (Å²) in [6.07, 6.45) is 1.79. The molecule has 190 valence electrons. The van der Waals surface area contributed by atoms with Crippen LogP contribution in [0.1, 0.15) is 28.2 Å². The number of anilines is 1. The summed E-state index contributed by atoms with van der Waals surface area (Å²) in [6.45, 7) is 0. The van der Waals surface area contributed by atoms with Gasteiger partial charge in [0.15, 0.2) is 0 Å². The molecule has 4 aromatic rings. The molecule has 2 amide bonds. The number of carbonyl (C=O) groups is 2. The predicted molar refractivity (Wildman–Crippen MR) is 148 cm³/mol. The monoisotopic (exact) mass is 533 g/mol. The number of hydrogen-bond donors (Lipinski definition) is 0. The van der Waals surface area contributed by atoms with Gasteiger partial charge < -0.3 is 0 Å². The van der Waals surface area contributed by atoms with Crippen molar-refractivity contribution >= 4 is 46.7 Å². The normalized spacial score (nSPS) is 24.5. The molecule has 0 unspecified atom stereocenters. The van der Waals surface area contributed by atoms with Gasteiger partial charge >= 0.3 is 0 Å². The molecule has 39 heavy (non-hydrogen) atoms. The van der Waals surface area contributed by atoms with Crippen molar-refractivity contribution in [3.8, 4) is 0 Å². The molecule has 0 saturated carbocycles. The first-order chi connectivity index (χ1) is 18.9. The summed E-state index contributed by atoms with van der Waals surface area (Å²) >= 11 is 6.09. The van der Waals surface area contributed by atoms with Crippen LogP contribution in [0.3, 0.4) is 0 Å². The quantitative estimate of drug-likeness (QED) is 0.135. The Balaban J connectivity index is 1.50. The van der Waals surface area contributed by atoms with Crippen LogP contribution in [0.15, 0.2) is 102 Å². The average molecular weight is 534 g/mol. The highest BCUT2D eigenvalue weighted by atomic mass is 35.5. The molecule has 0 spiro atoms. The second-order valence-electron chi connectivity index (χ2n) is 10.0. The van der Waals surface area contributed by atoms with Gasteiger partial charge in [-0.15, -0.1) is 0 Å². The van der Waals surface area contributed by atoms with Crippen LogP contribution in [0.5, 0.6) is 0 Å². The topological polar surface area (TPSA) is 92.9 Å². The van der Waals surface area contributed by atoms with E-state index in [1.165, 1.54) is 18.2 Å². The fraction of sp³-hybridized carbons (Fsp3) is 0.129. The molecule has 4 aliphatic rings. The number of halogens is 1. The zero-order valence-electron chi connectivity index (χ0n) is 20.4. The van der Waals surface area contributed by atoms with Crippen molar-refractivity contribution < 1.29 is 14.5 Å². The Hall–Kier alpha value is -4.62. The Morgan fingerprint density at radius 3 is 2.05 bits per heavy atom. The Morgan fingerprint density at radius 1 is 0.821 bits per heavy atom. The van der Waals surface area contributed by atoms with Crippen molar-refractivity contribution in [2.75, 3.05) is 4.90 Å². The lowest BCUT2D eigenvalue weighted by atomic mass is 9.47. The third-order valence-electron chi connectivity index (χ3n) is 8.25. The second kappa shape index (κ2) is 8.44. The van der Waals surface area contributed by atoms with Crippen LogP contribution in [0.4, 0.5) is 17.1 Å². The van der Waals surface area contributed by atoms with Crippen molar-refractivity contribution in [3.63, 3.8) is 0 Å². The number of imide groups is 1. The molecule has 1 saturated heterocycles. The van der Waals surface area contributed by atoms with Crippen molar-refractivity contribution in [1.82, 2.24) is 0 Å². The largest absolute Gasteiger partial charge is 0.293 e. The molecule has 8 heteroatoms. The van der Waals surface area contributed by atoms with Crippen LogP contribution in [0.25, 0.3) is 0 Å². The van der Waals surface area contributed by atoms with Crippen molar-refractivity contribution in [1.29, 1.82) is 0 Å². The van der Waals surface area contributed by atoms with E-state index in [-0.39, 0.29) is 17.3 Å². The van der Waals surface area contributed by atoms with Gasteiger partial charge in [0.2, 0.25) is 11.8 Å². The van der Waals surface area contributed by atoms with E-state index in [0.717, 1.165) is 27.2 Å². The third kappa shape index (κ3) is 3.14. The zero-order valence-corrected chi connectivity index (χ0v) is 21.2. The number of carbonyl (C=O) groups excluding carboxylic acids is 2. The Labute approximate surface area is 228 Å². The number of nitro benzene ring substituents is 1. The molecule has 1 fully saturated rings. The Bertz CT molecular complexity index is 1680. The van der Waals surface area contributed by atoms with Gasteiger partial charge in [-0.1, -0.05) is 72.3 Å². The third-order valence-corrected chi connectivity index (χ3v) is 8.50. The van der Waals surface area contributed by atoms with Crippen molar-refractivity contribution in [2.24, 2.45) is 16.8 Å². The fourth-order valence-electron chi connectivity index (χ4n) is 6.80. The van der Waals surface area contributed by atoms with Crippen LogP contribution >= 0.6 is 11.6 Å². The maximum Gasteiger partial charge on any atom is 0.293 e. The lowest BCUT2D eigenvalue weighted by Gasteiger charge is -2.52. The van der Waals surface area contributed by atoms with Gasteiger partial charge in [0.1, 0.15) is 5.69 Å². The maximum atomic E-state index is 14.4. The van der Waals surface area contributed by atoms with E-state index in [1.807, 2.05) is 48.5 Å². The number of nitro groups is 1. The molecule has 1 heterocycles. The molecule has 1 aliphatic heterocycles. The Kier molecular flexibility index (Phi) is 5.09. The molecule has 2 atom stereocenters. The molecule has 4 aromatic carbocycles. The standard InChI is InChI=1S/C31H20ClN3O4/c32-18-13-15-19(16-14-18)33-17-31-22-9-3-1-7-20(22)26(21-8-2-4-10-23(21)31)27-28(31)30(37)34(29(27)36)24-11-5-6-12-25(24)35(38)39/h1-17,26-28H/t26?,27-,28+,31?/m0/s1. The number of amides is 2. The molecule has 2 bridgehead atoms. The first-order valence-corrected chi connectivity index (χ1v) is 12.9. The minimum atomic E-state index is -1.06. The number of rotatable bonds is 4. The van der Waals surface area contributed by atoms with Gasteiger partial charge in [0.05, 0.1) is 27.9 Å². The molecular weight excluding hydrogens is 514 g/mol. The fourth-order valence-corrected chi connectivity index (χ4v) is 6.92. The average Bonchev–Trinajstić information content (AvgIpc) is 3.23. The number of benzene rings is 4. The Morgan fingerprint density at radius 2 is 1.41 bits per heavy atom. The summed E-state index contributed by atoms with van der Waals surface area (Å²) < 4.78 is 0. The maximum absolute atomic E-state index is 14.4. The number of para-hydroxylation sites is 2. The number of aliphatic imine (C=N–C) groups is 1. The van der Waals surface area contributed by atoms with Crippen molar-refractivity contribution in [2.45, 2.75) is 11.3 Å². The first-order valence-electron chi connectivity index (χ1n) is 12.5. The first kappa shape index (κ1) is 23.5. The number of hydrogen-bond acceptors (Lipinski definition) is 5. The van der Waals surface area contributed by atoms with E-state index in [0.29, 0.717) is 10.7 Å². The van der Waals surface area contributed by atoms with Crippen LogP contribution in [0.2, 0.25) is 5.02 Å². The highest BCUT2D eigenvalue weighted by molar-refractivity contribution is 6.30. The molecule has 7 nitrogen and oxygen atoms in total. The van der Waals surface area contributed by atoms with E-state index in [1.54, 1.807) is 36.5 Å². The predicted octanol–water partition coefficient (Wildman–Crippen LogP) is 6.20. The summed E-state index contributed by atoms with van der Waals surface area (Å²) in [6, 6.07) is 28.7. The lowest BCUT2D eigenvalue weighted by Crippen LogP contribution is -2.54. The summed E-state index contributed by atoms with van der Waals surface area (Å²) in [5.74, 6) is -2.82. The van der Waals surface area contributed by atoms with Gasteiger partial charge in [0.25, 0.3) is 5.69 Å². The van der Waals surface area contributed by atoms with E-state index in [4.69, 9.17) is 16.6 Å². The number of nitrogens with zero attached hydrogens (tertiary/aromatic N) is 3. The van der Waals surface area contributed by atoms with Gasteiger partial charge in [0, 0.05) is 23.2 Å². The molecule has 0 N–H and O–H groups in total. The molecule has 0 radical (unpaired) electrons. The molecule has 8 rings (SSSR count). The van der Waals surface area contributed by atoms with Gasteiger partial charge in [-0.05, 0) is 52.6 Å². The van der Waals surface area contributed by atoms with Crippen molar-refractivity contribution in [3.05, 3.63) is 134 Å². The van der Waals surface area contributed by atoms with Gasteiger partial charge in [-0.3, -0.25) is 24.7 Å². The van der Waals surface area contributed by atoms with Gasteiger partial charge in [-0.2, -0.15) is 0 Å². The highest BCUT2D eigenvalue weighted by Crippen LogP contribution is 2.64. The lowest BCUT2D eigenvalue weighted by molar-refractivity contribution is -0.384. The summed E-state index contributed by atoms with van der Waals surface area (Å²) in [4.78, 5) is 45.8. The summed E-state index contributed by atoms with van der Waals surface area (Å²) in [7, 11) is 0. The summed E-state index contributed by atoms with van der Waals surface area (Å²) in [5, 5.41) is 12.5. The van der Waals surface area contributed by atoms with Crippen LogP contribution in [0, 0.1) is 22.0 Å². The summed E-state index contributed by atoms with van der Waals surface area (Å²) in [5.41, 5.74) is 3.05. The van der Waals surface area contributed by atoms with E-state index in [2.05, 4.69) is 0 Å². The molecular formula is C31H20ClN3O4. The van der Waals surface area contributed by atoms with Crippen LogP contribution in [-0.4, -0.2) is 23.0 Å². The van der Waals surface area contributed by atoms with Gasteiger partial charge in [-0.25, -0.2) is 4.90 Å². The minimum Gasteiger partial charge on any atom is -0.274 e. The minimum absolute atomic E-state index is 0.01000.